The van der Waals surface area contributed by atoms with Gasteiger partial charge in [-0.15, -0.1) is 0 Å². The Morgan fingerprint density at radius 2 is 1.77 bits per heavy atom. The monoisotopic (exact) mass is 300 g/mol. The Hall–Kier alpha value is -1.46. The molecule has 3 rings (SSSR count). The van der Waals surface area contributed by atoms with Crippen LogP contribution in [0.25, 0.3) is 0 Å². The number of nitrogens with zero attached hydrogens (tertiary/aromatic N) is 1. The number of rotatable bonds is 2. The van der Waals surface area contributed by atoms with E-state index >= 15 is 0 Å². The van der Waals surface area contributed by atoms with Crippen LogP contribution >= 0.6 is 0 Å². The highest BCUT2D eigenvalue weighted by atomic mass is 16.7. The molecule has 0 bridgehead atoms. The molecule has 0 unspecified atom stereocenters. The highest BCUT2D eigenvalue weighted by Crippen LogP contribution is 2.29. The molecule has 22 heavy (non-hydrogen) atoms. The van der Waals surface area contributed by atoms with E-state index in [-0.39, 0.29) is 7.12 Å². The lowest BCUT2D eigenvalue weighted by molar-refractivity contribution is 0.173. The Morgan fingerprint density at radius 1 is 1.18 bits per heavy atom. The van der Waals surface area contributed by atoms with Crippen molar-refractivity contribution in [2.75, 3.05) is 18.0 Å². The van der Waals surface area contributed by atoms with E-state index < -0.39 is 5.60 Å². The van der Waals surface area contributed by atoms with Crippen molar-refractivity contribution in [3.05, 3.63) is 36.6 Å². The summed E-state index contributed by atoms with van der Waals surface area (Å²) in [5.74, 6) is 0.686. The van der Waals surface area contributed by atoms with Crippen molar-refractivity contribution in [2.45, 2.75) is 45.4 Å². The summed E-state index contributed by atoms with van der Waals surface area (Å²) in [6, 6.07) is 9.50. The molecule has 1 aromatic carbocycles. The van der Waals surface area contributed by atoms with Crippen molar-refractivity contribution in [3.8, 4) is 0 Å². The summed E-state index contributed by atoms with van der Waals surface area (Å²) in [5.41, 5.74) is 1.86. The molecule has 1 N–H and O–H groups in total. The van der Waals surface area contributed by atoms with Crippen molar-refractivity contribution in [1.82, 2.24) is 5.32 Å². The lowest BCUT2D eigenvalue weighted by Crippen LogP contribution is -2.54. The zero-order chi connectivity index (χ0) is 15.9. The van der Waals surface area contributed by atoms with E-state index in [9.17, 15) is 0 Å². The van der Waals surface area contributed by atoms with Gasteiger partial charge in [0.2, 0.25) is 0 Å². The first-order chi connectivity index (χ1) is 10.3. The van der Waals surface area contributed by atoms with Gasteiger partial charge in [0.15, 0.2) is 0 Å². The second-order valence-electron chi connectivity index (χ2n) is 6.97. The number of hydrogen-bond acceptors (Lipinski definition) is 4. The van der Waals surface area contributed by atoms with Crippen molar-refractivity contribution < 1.29 is 9.31 Å². The summed E-state index contributed by atoms with van der Waals surface area (Å²) in [6.07, 6.45) is 0. The fraction of sp³-hybridized carbons (Fsp3) is 0.529. The Morgan fingerprint density at radius 3 is 2.27 bits per heavy atom. The van der Waals surface area contributed by atoms with Gasteiger partial charge in [-0.25, -0.2) is 0 Å². The minimum Gasteiger partial charge on any atom is -0.534 e. The summed E-state index contributed by atoms with van der Waals surface area (Å²) >= 11 is 0. The van der Waals surface area contributed by atoms with Crippen molar-refractivity contribution in [3.63, 3.8) is 0 Å². The maximum atomic E-state index is 5.92. The van der Waals surface area contributed by atoms with Crippen molar-refractivity contribution in [2.24, 2.45) is 0 Å². The minimum atomic E-state index is -0.424. The Balaban J connectivity index is 1.72. The average molecular weight is 300 g/mol. The van der Waals surface area contributed by atoms with Crippen LogP contribution in [0.3, 0.4) is 0 Å². The number of anilines is 1. The molecule has 0 radical (unpaired) electrons. The summed E-state index contributed by atoms with van der Waals surface area (Å²) in [5, 5.41) is 3.56. The van der Waals surface area contributed by atoms with Crippen molar-refractivity contribution in [1.29, 1.82) is 0 Å². The number of nitrogens with one attached hydrogen (secondary N) is 1. The van der Waals surface area contributed by atoms with Gasteiger partial charge in [-0.3, -0.25) is 0 Å². The maximum absolute atomic E-state index is 5.92. The third kappa shape index (κ3) is 3.01. The Labute approximate surface area is 133 Å². The quantitative estimate of drug-likeness (QED) is 0.846. The number of benzene rings is 1. The highest BCUT2D eigenvalue weighted by molar-refractivity contribution is 6.62. The molecular formula is C17H25BN2O2. The first-order valence-electron chi connectivity index (χ1n) is 8.00. The van der Waals surface area contributed by atoms with Crippen LogP contribution in [0, 0.1) is 0 Å². The van der Waals surface area contributed by atoms with E-state index in [2.05, 4.69) is 54.9 Å². The van der Waals surface area contributed by atoms with Crippen LogP contribution in [0.1, 0.15) is 27.7 Å². The van der Waals surface area contributed by atoms with Crippen LogP contribution in [-0.2, 0) is 9.31 Å². The van der Waals surface area contributed by atoms with Crippen LogP contribution < -0.4 is 15.7 Å². The molecule has 2 atom stereocenters. The van der Waals surface area contributed by atoms with Crippen molar-refractivity contribution >= 4 is 18.3 Å². The molecule has 118 valence electrons. The van der Waals surface area contributed by atoms with Gasteiger partial charge in [-0.1, -0.05) is 18.7 Å². The summed E-state index contributed by atoms with van der Waals surface area (Å²) in [6.45, 7) is 14.4. The van der Waals surface area contributed by atoms with E-state index in [1.54, 1.807) is 0 Å². The second kappa shape index (κ2) is 5.63. The predicted molar refractivity (Wildman–Crippen MR) is 91.5 cm³/mol. The van der Waals surface area contributed by atoms with E-state index in [0.717, 1.165) is 18.6 Å². The third-order valence-electron chi connectivity index (χ3n) is 4.41. The van der Waals surface area contributed by atoms with Crippen LogP contribution in [0.4, 0.5) is 5.69 Å². The lowest BCUT2D eigenvalue weighted by atomic mass is 9.79. The maximum Gasteiger partial charge on any atom is 0.563 e. The van der Waals surface area contributed by atoms with Gasteiger partial charge < -0.3 is 19.5 Å². The molecule has 0 aliphatic carbocycles. The molecule has 2 saturated heterocycles. The van der Waals surface area contributed by atoms with Gasteiger partial charge in [-0.05, 0) is 45.3 Å². The first-order valence-corrected chi connectivity index (χ1v) is 8.00. The van der Waals surface area contributed by atoms with Gasteiger partial charge in [0.1, 0.15) is 5.60 Å². The Bertz CT molecular complexity index is 548. The van der Waals surface area contributed by atoms with E-state index in [1.165, 1.54) is 5.69 Å². The Kier molecular flexibility index (Phi) is 3.95. The van der Waals surface area contributed by atoms with E-state index in [1.807, 2.05) is 13.8 Å². The molecule has 2 aliphatic rings. The third-order valence-corrected chi connectivity index (χ3v) is 4.41. The van der Waals surface area contributed by atoms with Gasteiger partial charge in [0.25, 0.3) is 0 Å². The minimum absolute atomic E-state index is 0.350. The smallest absolute Gasteiger partial charge is 0.534 e. The molecule has 1 aromatic rings. The summed E-state index contributed by atoms with van der Waals surface area (Å²) in [7, 11) is -0.350. The van der Waals surface area contributed by atoms with Crippen LogP contribution in [0.15, 0.2) is 36.6 Å². The standard InChI is InChI=1S/C17H25BN2O2/c1-12-10-20(11-13(2)19-12)16-8-6-15(7-9-16)18-21-14(3)17(4,5)22-18/h6-9,12-13,19H,3,10-11H2,1-2,4-5H3/t12-,13+. The topological polar surface area (TPSA) is 33.7 Å². The predicted octanol–water partition coefficient (Wildman–Crippen LogP) is 1.91. The van der Waals surface area contributed by atoms with Gasteiger partial charge in [0.05, 0.1) is 5.76 Å². The fourth-order valence-corrected chi connectivity index (χ4v) is 3.14. The first kappa shape index (κ1) is 15.4. The molecule has 2 heterocycles. The van der Waals surface area contributed by atoms with Crippen LogP contribution in [-0.4, -0.2) is 37.9 Å². The molecular weight excluding hydrogens is 275 g/mol. The van der Waals surface area contributed by atoms with Crippen LogP contribution in [0.2, 0.25) is 0 Å². The average Bonchev–Trinajstić information content (AvgIpc) is 2.72. The number of piperazine rings is 1. The highest BCUT2D eigenvalue weighted by Gasteiger charge is 2.42. The molecule has 4 nitrogen and oxygen atoms in total. The van der Waals surface area contributed by atoms with Gasteiger partial charge in [-0.2, -0.15) is 0 Å². The fourth-order valence-electron chi connectivity index (χ4n) is 3.14. The zero-order valence-corrected chi connectivity index (χ0v) is 13.9. The largest absolute Gasteiger partial charge is 0.563 e. The number of hydrogen-bond donors (Lipinski definition) is 1. The SMILES string of the molecule is C=C1OB(c2ccc(N3C[C@@H](C)N[C@@H](C)C3)cc2)OC1(C)C. The van der Waals surface area contributed by atoms with E-state index in [0.29, 0.717) is 17.8 Å². The van der Waals surface area contributed by atoms with E-state index in [4.69, 9.17) is 9.31 Å². The summed E-state index contributed by atoms with van der Waals surface area (Å²) < 4.78 is 11.7. The molecule has 5 heteroatoms. The molecule has 0 amide bonds. The van der Waals surface area contributed by atoms with Gasteiger partial charge in [0, 0.05) is 30.9 Å². The zero-order valence-electron chi connectivity index (χ0n) is 13.9. The molecule has 0 saturated carbocycles. The molecule has 0 spiro atoms. The summed E-state index contributed by atoms with van der Waals surface area (Å²) in [4.78, 5) is 2.43. The van der Waals surface area contributed by atoms with Gasteiger partial charge >= 0.3 is 7.12 Å². The normalized spacial score (nSPS) is 27.9. The lowest BCUT2D eigenvalue weighted by Gasteiger charge is -2.37. The molecule has 0 aromatic heterocycles. The molecule has 2 fully saturated rings. The molecule has 2 aliphatic heterocycles. The van der Waals surface area contributed by atoms with Crippen LogP contribution in [0.5, 0.6) is 0 Å². The second-order valence-corrected chi connectivity index (χ2v) is 6.97.